The molecule has 3 aromatic rings. The highest BCUT2D eigenvalue weighted by molar-refractivity contribution is 5.80. The van der Waals surface area contributed by atoms with Crippen LogP contribution in [0.4, 0.5) is 0 Å². The Bertz CT molecular complexity index is 1190. The molecular formula is C25H27NO7. The normalized spacial score (nSPS) is 18.2. The summed E-state index contributed by atoms with van der Waals surface area (Å²) in [5.41, 5.74) is 0.0710. The number of carbonyl (C=O) groups excluding carboxylic acids is 1. The van der Waals surface area contributed by atoms with Crippen LogP contribution in [-0.2, 0) is 9.53 Å². The maximum atomic E-state index is 13.0. The molecule has 2 atom stereocenters. The first kappa shape index (κ1) is 22.7. The van der Waals surface area contributed by atoms with E-state index in [-0.39, 0.29) is 35.9 Å². The molecule has 0 radical (unpaired) electrons. The van der Waals surface area contributed by atoms with Crippen molar-refractivity contribution >= 4 is 16.9 Å². The highest BCUT2D eigenvalue weighted by Crippen LogP contribution is 2.28. The van der Waals surface area contributed by atoms with E-state index in [4.69, 9.17) is 23.4 Å². The minimum atomic E-state index is -0.288. The Balaban J connectivity index is 1.49. The van der Waals surface area contributed by atoms with E-state index in [1.165, 1.54) is 0 Å². The fraction of sp³-hybridized carbons (Fsp3) is 0.360. The van der Waals surface area contributed by atoms with Gasteiger partial charge in [0.05, 0.1) is 24.7 Å². The summed E-state index contributed by atoms with van der Waals surface area (Å²) >= 11 is 0. The topological polar surface area (TPSA) is 87.4 Å². The second kappa shape index (κ2) is 9.54. The van der Waals surface area contributed by atoms with Crippen LogP contribution in [0.5, 0.6) is 23.0 Å². The summed E-state index contributed by atoms with van der Waals surface area (Å²) in [6.07, 6.45) is -0.0186. The molecule has 174 valence electrons. The Labute approximate surface area is 191 Å². The number of rotatable bonds is 6. The van der Waals surface area contributed by atoms with E-state index < -0.39 is 0 Å². The van der Waals surface area contributed by atoms with Gasteiger partial charge in [-0.3, -0.25) is 9.59 Å². The molecule has 8 heteroatoms. The number of aryl methyl sites for hydroxylation is 1. The lowest BCUT2D eigenvalue weighted by Crippen LogP contribution is -2.49. The molecule has 0 saturated carbocycles. The van der Waals surface area contributed by atoms with Crippen molar-refractivity contribution in [1.82, 2.24) is 4.90 Å². The lowest BCUT2D eigenvalue weighted by Gasteiger charge is -2.35. The number of ether oxygens (including phenoxy) is 4. The summed E-state index contributed by atoms with van der Waals surface area (Å²) < 4.78 is 28.1. The first-order chi connectivity index (χ1) is 15.8. The number of benzene rings is 2. The Morgan fingerprint density at radius 3 is 2.33 bits per heavy atom. The predicted octanol–water partition coefficient (Wildman–Crippen LogP) is 3.92. The summed E-state index contributed by atoms with van der Waals surface area (Å²) in [5, 5.41) is 0.360. The number of amides is 1. The zero-order valence-electron chi connectivity index (χ0n) is 19.1. The van der Waals surface area contributed by atoms with Crippen LogP contribution in [0, 0.1) is 6.92 Å². The minimum absolute atomic E-state index is 0.00931. The highest BCUT2D eigenvalue weighted by Gasteiger charge is 2.26. The predicted molar refractivity (Wildman–Crippen MR) is 122 cm³/mol. The van der Waals surface area contributed by atoms with Crippen molar-refractivity contribution in [2.75, 3.05) is 26.8 Å². The summed E-state index contributed by atoms with van der Waals surface area (Å²) in [6.45, 7) is 6.52. The lowest BCUT2D eigenvalue weighted by atomic mass is 10.2. The largest absolute Gasteiger partial charge is 0.497 e. The van der Waals surface area contributed by atoms with Crippen molar-refractivity contribution in [2.24, 2.45) is 0 Å². The molecule has 1 aliphatic heterocycles. The molecule has 0 bridgehead atoms. The standard InChI is InChI=1S/C25H27NO7/c1-15-12-26(13-16(2)31-15)23(27)14-30-20-9-10-21-22(11-20)32-17(3)25(24(21)28)33-19-7-5-18(29-4)6-8-19/h5-11,15-16H,12-14H2,1-4H3/t15-,16-/m0/s1. The number of morpholine rings is 1. The smallest absolute Gasteiger partial charge is 0.260 e. The van der Waals surface area contributed by atoms with Gasteiger partial charge in [-0.05, 0) is 57.2 Å². The molecule has 0 spiro atoms. The molecule has 33 heavy (non-hydrogen) atoms. The monoisotopic (exact) mass is 453 g/mol. The summed E-state index contributed by atoms with van der Waals surface area (Å²) in [5.74, 6) is 1.97. The molecule has 1 amide bonds. The van der Waals surface area contributed by atoms with Gasteiger partial charge in [0.1, 0.15) is 28.6 Å². The molecule has 2 aromatic carbocycles. The molecule has 1 aliphatic rings. The summed E-state index contributed by atoms with van der Waals surface area (Å²) in [6, 6.07) is 11.8. The maximum Gasteiger partial charge on any atom is 0.260 e. The molecule has 0 aliphatic carbocycles. The molecule has 1 fully saturated rings. The first-order valence-corrected chi connectivity index (χ1v) is 10.8. The zero-order chi connectivity index (χ0) is 23.5. The second-order valence-corrected chi connectivity index (χ2v) is 8.10. The Morgan fingerprint density at radius 2 is 1.67 bits per heavy atom. The molecular weight excluding hydrogens is 426 g/mol. The van der Waals surface area contributed by atoms with E-state index >= 15 is 0 Å². The molecule has 1 aromatic heterocycles. The van der Waals surface area contributed by atoms with Crippen molar-refractivity contribution in [3.63, 3.8) is 0 Å². The lowest BCUT2D eigenvalue weighted by molar-refractivity contribution is -0.145. The van der Waals surface area contributed by atoms with Gasteiger partial charge >= 0.3 is 0 Å². The Kier molecular flexibility index (Phi) is 6.55. The zero-order valence-corrected chi connectivity index (χ0v) is 19.1. The third kappa shape index (κ3) is 5.12. The molecule has 0 N–H and O–H groups in total. The quantitative estimate of drug-likeness (QED) is 0.559. The van der Waals surface area contributed by atoms with Gasteiger partial charge in [0.2, 0.25) is 11.2 Å². The van der Waals surface area contributed by atoms with Crippen LogP contribution in [0.1, 0.15) is 19.6 Å². The van der Waals surface area contributed by atoms with Gasteiger partial charge in [-0.15, -0.1) is 0 Å². The van der Waals surface area contributed by atoms with Gasteiger partial charge in [0.25, 0.3) is 5.91 Å². The molecule has 4 rings (SSSR count). The average Bonchev–Trinajstić information content (AvgIpc) is 2.79. The molecule has 2 heterocycles. The Morgan fingerprint density at radius 1 is 1.03 bits per heavy atom. The van der Waals surface area contributed by atoms with E-state index in [0.717, 1.165) is 0 Å². The van der Waals surface area contributed by atoms with Gasteiger partial charge in [-0.2, -0.15) is 0 Å². The van der Waals surface area contributed by atoms with Crippen LogP contribution in [0.3, 0.4) is 0 Å². The fourth-order valence-electron chi connectivity index (χ4n) is 3.86. The third-order valence-electron chi connectivity index (χ3n) is 5.40. The summed E-state index contributed by atoms with van der Waals surface area (Å²) in [7, 11) is 1.58. The minimum Gasteiger partial charge on any atom is -0.497 e. The van der Waals surface area contributed by atoms with E-state index in [0.29, 0.717) is 47.1 Å². The molecule has 1 saturated heterocycles. The second-order valence-electron chi connectivity index (χ2n) is 8.10. The van der Waals surface area contributed by atoms with Gasteiger partial charge in [-0.1, -0.05) is 0 Å². The van der Waals surface area contributed by atoms with Gasteiger partial charge in [0.15, 0.2) is 6.61 Å². The van der Waals surface area contributed by atoms with Crippen LogP contribution in [-0.4, -0.2) is 49.8 Å². The number of fused-ring (bicyclic) bond motifs is 1. The van der Waals surface area contributed by atoms with E-state index in [1.807, 2.05) is 13.8 Å². The molecule has 0 unspecified atom stereocenters. The van der Waals surface area contributed by atoms with E-state index in [9.17, 15) is 9.59 Å². The van der Waals surface area contributed by atoms with Crippen molar-refractivity contribution < 1.29 is 28.2 Å². The highest BCUT2D eigenvalue weighted by atomic mass is 16.5. The number of methoxy groups -OCH3 is 1. The third-order valence-corrected chi connectivity index (χ3v) is 5.40. The van der Waals surface area contributed by atoms with Crippen LogP contribution >= 0.6 is 0 Å². The number of nitrogens with zero attached hydrogens (tertiary/aromatic N) is 1. The number of carbonyl (C=O) groups is 1. The van der Waals surface area contributed by atoms with Crippen LogP contribution < -0.4 is 19.6 Å². The maximum absolute atomic E-state index is 13.0. The average molecular weight is 453 g/mol. The Hall–Kier alpha value is -3.52. The molecule has 8 nitrogen and oxygen atoms in total. The van der Waals surface area contributed by atoms with Crippen LogP contribution in [0.15, 0.2) is 51.7 Å². The van der Waals surface area contributed by atoms with Crippen LogP contribution in [0.25, 0.3) is 11.0 Å². The van der Waals surface area contributed by atoms with Gasteiger partial charge < -0.3 is 28.3 Å². The number of hydrogen-bond acceptors (Lipinski definition) is 7. The SMILES string of the molecule is COc1ccc(Oc2c(C)oc3cc(OCC(=O)N4C[C@H](C)O[C@@H](C)C4)ccc3c2=O)cc1. The van der Waals surface area contributed by atoms with Gasteiger partial charge in [0, 0.05) is 19.2 Å². The first-order valence-electron chi connectivity index (χ1n) is 10.8. The number of hydrogen-bond donors (Lipinski definition) is 0. The summed E-state index contributed by atoms with van der Waals surface area (Å²) in [4.78, 5) is 27.3. The van der Waals surface area contributed by atoms with E-state index in [1.54, 1.807) is 61.4 Å². The van der Waals surface area contributed by atoms with Crippen molar-refractivity contribution in [3.8, 4) is 23.0 Å². The van der Waals surface area contributed by atoms with Crippen molar-refractivity contribution in [2.45, 2.75) is 33.0 Å². The van der Waals surface area contributed by atoms with Crippen LogP contribution in [0.2, 0.25) is 0 Å². The van der Waals surface area contributed by atoms with Gasteiger partial charge in [-0.25, -0.2) is 0 Å². The van der Waals surface area contributed by atoms with Crippen molar-refractivity contribution in [1.29, 1.82) is 0 Å². The fourth-order valence-corrected chi connectivity index (χ4v) is 3.86. The van der Waals surface area contributed by atoms with Crippen molar-refractivity contribution in [3.05, 3.63) is 58.4 Å². The van der Waals surface area contributed by atoms with E-state index in [2.05, 4.69) is 0 Å².